The molecule has 2 heterocycles. The van der Waals surface area contributed by atoms with Crippen molar-refractivity contribution < 1.29 is 14.7 Å². The van der Waals surface area contributed by atoms with E-state index in [0.717, 1.165) is 62.1 Å². The molecule has 6 heteroatoms. The van der Waals surface area contributed by atoms with E-state index in [0.29, 0.717) is 10.6 Å². The molecule has 126 valence electrons. The lowest BCUT2D eigenvalue weighted by molar-refractivity contribution is 0.0696. The van der Waals surface area contributed by atoms with Crippen LogP contribution in [0.15, 0.2) is 0 Å². The number of nitrogens with zero attached hydrogens (tertiary/aromatic N) is 1. The summed E-state index contributed by atoms with van der Waals surface area (Å²) in [4.78, 5) is 27.1. The zero-order valence-electron chi connectivity index (χ0n) is 13.8. The van der Waals surface area contributed by atoms with Crippen molar-refractivity contribution in [2.45, 2.75) is 52.4 Å². The molecule has 0 radical (unpaired) electrons. The molecule has 1 saturated heterocycles. The number of hydrogen-bond acceptors (Lipinski definition) is 3. The summed E-state index contributed by atoms with van der Waals surface area (Å²) in [6.45, 7) is 5.86. The van der Waals surface area contributed by atoms with Gasteiger partial charge in [0.25, 0.3) is 0 Å². The number of nitrogens with one attached hydrogen (secondary N) is 1. The molecule has 1 aromatic heterocycles. The summed E-state index contributed by atoms with van der Waals surface area (Å²) >= 11 is 1.44. The van der Waals surface area contributed by atoms with Crippen LogP contribution < -0.4 is 5.32 Å². The fraction of sp³-hybridized carbons (Fsp3) is 0.647. The number of likely N-dealkylation sites (tertiary alicyclic amines) is 1. The fourth-order valence-electron chi connectivity index (χ4n) is 3.51. The molecule has 5 nitrogen and oxygen atoms in total. The number of thiophene rings is 1. The van der Waals surface area contributed by atoms with Crippen molar-refractivity contribution in [2.24, 2.45) is 5.41 Å². The highest BCUT2D eigenvalue weighted by atomic mass is 32.1. The number of hydrogen-bond donors (Lipinski definition) is 2. The van der Waals surface area contributed by atoms with Crippen molar-refractivity contribution in [1.29, 1.82) is 0 Å². The van der Waals surface area contributed by atoms with Crippen LogP contribution in [0.3, 0.4) is 0 Å². The van der Waals surface area contributed by atoms with E-state index in [1.54, 1.807) is 4.90 Å². The zero-order valence-corrected chi connectivity index (χ0v) is 14.6. The molecule has 0 atom stereocenters. The van der Waals surface area contributed by atoms with E-state index in [9.17, 15) is 14.7 Å². The van der Waals surface area contributed by atoms with Crippen LogP contribution in [0.4, 0.5) is 9.80 Å². The smallest absolute Gasteiger partial charge is 0.339 e. The summed E-state index contributed by atoms with van der Waals surface area (Å²) < 4.78 is 0. The molecule has 1 fully saturated rings. The van der Waals surface area contributed by atoms with E-state index in [-0.39, 0.29) is 11.4 Å². The van der Waals surface area contributed by atoms with Gasteiger partial charge < -0.3 is 10.0 Å². The second-order valence-corrected chi connectivity index (χ2v) is 8.44. The van der Waals surface area contributed by atoms with Gasteiger partial charge >= 0.3 is 12.0 Å². The SMILES string of the molecule is CC1(C)CCc2sc(NC(=O)N3CCCCC3)c(C(=O)O)c2C1. The van der Waals surface area contributed by atoms with Crippen molar-refractivity contribution in [2.75, 3.05) is 18.4 Å². The first-order valence-corrected chi connectivity index (χ1v) is 9.13. The number of piperidine rings is 1. The van der Waals surface area contributed by atoms with Crippen LogP contribution in [0.1, 0.15) is 60.3 Å². The highest BCUT2D eigenvalue weighted by Crippen LogP contribution is 2.43. The van der Waals surface area contributed by atoms with Crippen LogP contribution in [0, 0.1) is 5.41 Å². The van der Waals surface area contributed by atoms with Gasteiger partial charge in [0.05, 0.1) is 5.56 Å². The van der Waals surface area contributed by atoms with E-state index in [2.05, 4.69) is 19.2 Å². The topological polar surface area (TPSA) is 69.6 Å². The van der Waals surface area contributed by atoms with Gasteiger partial charge in [-0.25, -0.2) is 9.59 Å². The highest BCUT2D eigenvalue weighted by molar-refractivity contribution is 7.17. The van der Waals surface area contributed by atoms with Crippen LogP contribution in [-0.4, -0.2) is 35.1 Å². The lowest BCUT2D eigenvalue weighted by Gasteiger charge is -2.29. The molecule has 1 aromatic rings. The number of amides is 2. The Balaban J connectivity index is 1.86. The van der Waals surface area contributed by atoms with Crippen LogP contribution in [0.2, 0.25) is 0 Å². The van der Waals surface area contributed by atoms with Crippen molar-refractivity contribution in [3.8, 4) is 0 Å². The molecule has 0 unspecified atom stereocenters. The summed E-state index contributed by atoms with van der Waals surface area (Å²) in [7, 11) is 0. The van der Waals surface area contributed by atoms with Crippen molar-refractivity contribution in [3.05, 3.63) is 16.0 Å². The minimum atomic E-state index is -0.936. The number of aromatic carboxylic acids is 1. The van der Waals surface area contributed by atoms with Gasteiger partial charge in [0.2, 0.25) is 0 Å². The van der Waals surface area contributed by atoms with Gasteiger partial charge in [0.15, 0.2) is 0 Å². The number of anilines is 1. The predicted molar refractivity (Wildman–Crippen MR) is 91.5 cm³/mol. The van der Waals surface area contributed by atoms with Gasteiger partial charge in [0, 0.05) is 18.0 Å². The summed E-state index contributed by atoms with van der Waals surface area (Å²) in [6, 6.07) is -0.162. The number of rotatable bonds is 2. The third-order valence-corrected chi connectivity index (χ3v) is 6.06. The second-order valence-electron chi connectivity index (χ2n) is 7.33. The lowest BCUT2D eigenvalue weighted by atomic mass is 9.76. The predicted octanol–water partition coefficient (Wildman–Crippen LogP) is 3.98. The number of carbonyl (C=O) groups is 2. The van der Waals surface area contributed by atoms with Crippen molar-refractivity contribution in [3.63, 3.8) is 0 Å². The van der Waals surface area contributed by atoms with E-state index in [1.807, 2.05) is 0 Å². The van der Waals surface area contributed by atoms with Crippen molar-refractivity contribution in [1.82, 2.24) is 4.90 Å². The minimum Gasteiger partial charge on any atom is -0.478 e. The summed E-state index contributed by atoms with van der Waals surface area (Å²) in [6.07, 6.45) is 5.92. The highest BCUT2D eigenvalue weighted by Gasteiger charge is 2.33. The molecule has 23 heavy (non-hydrogen) atoms. The molecular weight excluding hydrogens is 312 g/mol. The van der Waals surface area contributed by atoms with Gasteiger partial charge in [-0.3, -0.25) is 5.32 Å². The maximum Gasteiger partial charge on any atom is 0.339 e. The standard InChI is InChI=1S/C17H24N2O3S/c1-17(2)7-6-12-11(10-17)13(15(20)21)14(23-12)18-16(22)19-8-4-3-5-9-19/h3-10H2,1-2H3,(H,18,22)(H,20,21). The number of carboxylic acid groups (broad SMARTS) is 1. The Bertz CT molecular complexity index is 630. The molecule has 0 spiro atoms. The van der Waals surface area contributed by atoms with E-state index in [4.69, 9.17) is 0 Å². The number of aryl methyl sites for hydroxylation is 1. The van der Waals surface area contributed by atoms with Gasteiger partial charge in [-0.05, 0) is 49.5 Å². The fourth-order valence-corrected chi connectivity index (χ4v) is 4.71. The molecule has 1 aliphatic heterocycles. The molecule has 0 bridgehead atoms. The average Bonchev–Trinajstić information content (AvgIpc) is 2.84. The van der Waals surface area contributed by atoms with Gasteiger partial charge in [0.1, 0.15) is 5.00 Å². The Morgan fingerprint density at radius 1 is 1.22 bits per heavy atom. The monoisotopic (exact) mass is 336 g/mol. The first-order chi connectivity index (χ1) is 10.9. The zero-order chi connectivity index (χ0) is 16.6. The average molecular weight is 336 g/mol. The van der Waals surface area contributed by atoms with Crippen LogP contribution in [0.5, 0.6) is 0 Å². The summed E-state index contributed by atoms with van der Waals surface area (Å²) in [5.74, 6) is -0.936. The quantitative estimate of drug-likeness (QED) is 0.858. The number of carboxylic acids is 1. The van der Waals surface area contributed by atoms with Crippen LogP contribution in [0.25, 0.3) is 0 Å². The lowest BCUT2D eigenvalue weighted by Crippen LogP contribution is -2.38. The summed E-state index contributed by atoms with van der Waals surface area (Å²) in [5, 5.41) is 13.0. The number of fused-ring (bicyclic) bond motifs is 1. The molecule has 1 aliphatic carbocycles. The van der Waals surface area contributed by atoms with Gasteiger partial charge in [-0.2, -0.15) is 0 Å². The van der Waals surface area contributed by atoms with E-state index >= 15 is 0 Å². The Kier molecular flexibility index (Phi) is 4.36. The maximum absolute atomic E-state index is 12.4. The van der Waals surface area contributed by atoms with Crippen LogP contribution >= 0.6 is 11.3 Å². The van der Waals surface area contributed by atoms with Crippen molar-refractivity contribution >= 4 is 28.3 Å². The van der Waals surface area contributed by atoms with Gasteiger partial charge in [-0.1, -0.05) is 13.8 Å². The second kappa shape index (κ2) is 6.15. The molecule has 3 rings (SSSR count). The van der Waals surface area contributed by atoms with Gasteiger partial charge in [-0.15, -0.1) is 11.3 Å². The first kappa shape index (κ1) is 16.3. The normalized spacial score (nSPS) is 20.0. The molecule has 2 N–H and O–H groups in total. The summed E-state index contributed by atoms with van der Waals surface area (Å²) in [5.41, 5.74) is 1.35. The minimum absolute atomic E-state index is 0.117. The van der Waals surface area contributed by atoms with E-state index < -0.39 is 5.97 Å². The Hall–Kier alpha value is -1.56. The Labute approximate surface area is 140 Å². The number of carbonyl (C=O) groups excluding carboxylic acids is 1. The maximum atomic E-state index is 12.4. The largest absolute Gasteiger partial charge is 0.478 e. The Morgan fingerprint density at radius 2 is 1.91 bits per heavy atom. The molecule has 2 amide bonds. The third kappa shape index (κ3) is 3.37. The number of urea groups is 1. The first-order valence-electron chi connectivity index (χ1n) is 8.31. The molecule has 2 aliphatic rings. The molecule has 0 saturated carbocycles. The van der Waals surface area contributed by atoms with Crippen LogP contribution in [-0.2, 0) is 12.8 Å². The molecular formula is C17H24N2O3S. The van der Waals surface area contributed by atoms with E-state index in [1.165, 1.54) is 11.3 Å². The Morgan fingerprint density at radius 3 is 2.57 bits per heavy atom. The third-order valence-electron chi connectivity index (χ3n) is 4.85. The molecule has 0 aromatic carbocycles.